The lowest BCUT2D eigenvalue weighted by atomic mass is 10.1. The van der Waals surface area contributed by atoms with Gasteiger partial charge in [0.15, 0.2) is 0 Å². The molecular weight excluding hydrogens is 268 g/mol. The zero-order valence-electron chi connectivity index (χ0n) is 12.7. The Morgan fingerprint density at radius 1 is 1.38 bits per heavy atom. The number of ether oxygens (including phenoxy) is 1. The summed E-state index contributed by atoms with van der Waals surface area (Å²) >= 11 is 0. The largest absolute Gasteiger partial charge is 0.444 e. The average molecular weight is 288 g/mol. The number of alkyl carbamates (subject to hydrolysis) is 1. The maximum atomic E-state index is 11.4. The van der Waals surface area contributed by atoms with Gasteiger partial charge in [-0.3, -0.25) is 4.79 Å². The van der Waals surface area contributed by atoms with Crippen molar-refractivity contribution in [1.82, 2.24) is 5.32 Å². The Bertz CT molecular complexity index is 577. The SMILES string of the molecule is Cc1ccc(NC=O)cc1C#CCNC(=O)OC(C)(C)C. The van der Waals surface area contributed by atoms with Crippen LogP contribution in [0.1, 0.15) is 31.9 Å². The van der Waals surface area contributed by atoms with Gasteiger partial charge in [0.05, 0.1) is 6.54 Å². The van der Waals surface area contributed by atoms with E-state index in [0.717, 1.165) is 11.1 Å². The van der Waals surface area contributed by atoms with Crippen LogP contribution in [0.4, 0.5) is 10.5 Å². The predicted molar refractivity (Wildman–Crippen MR) is 82.0 cm³/mol. The molecule has 5 heteroatoms. The number of carbonyl (C=O) groups is 2. The highest BCUT2D eigenvalue weighted by Crippen LogP contribution is 2.13. The summed E-state index contributed by atoms with van der Waals surface area (Å²) in [5, 5.41) is 5.13. The summed E-state index contributed by atoms with van der Waals surface area (Å²) in [6, 6.07) is 5.45. The number of nitrogens with one attached hydrogen (secondary N) is 2. The molecule has 21 heavy (non-hydrogen) atoms. The Morgan fingerprint density at radius 2 is 2.10 bits per heavy atom. The minimum absolute atomic E-state index is 0.194. The molecule has 0 radical (unpaired) electrons. The number of benzene rings is 1. The van der Waals surface area contributed by atoms with Crippen molar-refractivity contribution < 1.29 is 14.3 Å². The van der Waals surface area contributed by atoms with Crippen LogP contribution in [0, 0.1) is 18.8 Å². The van der Waals surface area contributed by atoms with Gasteiger partial charge in [-0.2, -0.15) is 0 Å². The molecule has 0 unspecified atom stereocenters. The van der Waals surface area contributed by atoms with E-state index in [4.69, 9.17) is 4.74 Å². The third kappa shape index (κ3) is 6.48. The summed E-state index contributed by atoms with van der Waals surface area (Å²) in [4.78, 5) is 21.8. The molecule has 5 nitrogen and oxygen atoms in total. The van der Waals surface area contributed by atoms with Crippen LogP contribution in [-0.2, 0) is 9.53 Å². The van der Waals surface area contributed by atoms with E-state index in [0.29, 0.717) is 12.1 Å². The Labute approximate surface area is 125 Å². The molecule has 0 spiro atoms. The third-order valence-corrected chi connectivity index (χ3v) is 2.41. The fourth-order valence-corrected chi connectivity index (χ4v) is 1.48. The molecule has 0 aliphatic rings. The summed E-state index contributed by atoms with van der Waals surface area (Å²) in [6.07, 6.45) is 0.122. The van der Waals surface area contributed by atoms with Crippen LogP contribution in [0.25, 0.3) is 0 Å². The first-order valence-electron chi connectivity index (χ1n) is 6.58. The van der Waals surface area contributed by atoms with E-state index in [1.54, 1.807) is 32.9 Å². The first kappa shape index (κ1) is 16.6. The molecule has 1 rings (SSSR count). The number of amides is 2. The molecule has 2 N–H and O–H groups in total. The number of carbonyl (C=O) groups excluding carboxylic acids is 2. The van der Waals surface area contributed by atoms with Gasteiger partial charge in [-0.25, -0.2) is 4.79 Å². The number of rotatable bonds is 3. The minimum atomic E-state index is -0.525. The first-order chi connectivity index (χ1) is 9.81. The lowest BCUT2D eigenvalue weighted by Gasteiger charge is -2.19. The highest BCUT2D eigenvalue weighted by atomic mass is 16.6. The number of hydrogen-bond donors (Lipinski definition) is 2. The molecule has 0 saturated carbocycles. The first-order valence-corrected chi connectivity index (χ1v) is 6.58. The van der Waals surface area contributed by atoms with Crippen LogP contribution in [0.3, 0.4) is 0 Å². The van der Waals surface area contributed by atoms with Gasteiger partial charge < -0.3 is 15.4 Å². The number of aryl methyl sites for hydroxylation is 1. The highest BCUT2D eigenvalue weighted by molar-refractivity contribution is 5.72. The van der Waals surface area contributed by atoms with Crippen molar-refractivity contribution in [3.05, 3.63) is 29.3 Å². The van der Waals surface area contributed by atoms with Gasteiger partial charge in [-0.15, -0.1) is 0 Å². The molecule has 0 aromatic heterocycles. The van der Waals surface area contributed by atoms with Crippen LogP contribution in [0.2, 0.25) is 0 Å². The maximum absolute atomic E-state index is 11.4. The van der Waals surface area contributed by atoms with Crippen molar-refractivity contribution in [3.63, 3.8) is 0 Å². The second-order valence-corrected chi connectivity index (χ2v) is 5.45. The number of hydrogen-bond acceptors (Lipinski definition) is 3. The topological polar surface area (TPSA) is 67.4 Å². The van der Waals surface area contributed by atoms with Crippen LogP contribution in [-0.4, -0.2) is 24.6 Å². The normalized spacial score (nSPS) is 10.1. The van der Waals surface area contributed by atoms with Gasteiger partial charge in [0.2, 0.25) is 6.41 Å². The van der Waals surface area contributed by atoms with Crippen LogP contribution >= 0.6 is 0 Å². The van der Waals surface area contributed by atoms with Gasteiger partial charge in [-0.1, -0.05) is 17.9 Å². The molecule has 1 aromatic carbocycles. The maximum Gasteiger partial charge on any atom is 0.408 e. The quantitative estimate of drug-likeness (QED) is 0.663. The van der Waals surface area contributed by atoms with Crippen molar-refractivity contribution >= 4 is 18.2 Å². The summed E-state index contributed by atoms with van der Waals surface area (Å²) in [7, 11) is 0. The van der Waals surface area contributed by atoms with E-state index in [1.807, 2.05) is 13.0 Å². The predicted octanol–water partition coefficient (Wildman–Crippen LogP) is 2.44. The van der Waals surface area contributed by atoms with E-state index in [9.17, 15) is 9.59 Å². The van der Waals surface area contributed by atoms with E-state index in [-0.39, 0.29) is 6.54 Å². The lowest BCUT2D eigenvalue weighted by molar-refractivity contribution is -0.105. The molecule has 112 valence electrons. The molecule has 0 fully saturated rings. The molecule has 0 aliphatic heterocycles. The van der Waals surface area contributed by atoms with Crippen molar-refractivity contribution in [2.45, 2.75) is 33.3 Å². The van der Waals surface area contributed by atoms with Crippen LogP contribution in [0.15, 0.2) is 18.2 Å². The molecule has 2 amide bonds. The minimum Gasteiger partial charge on any atom is -0.444 e. The molecule has 0 heterocycles. The van der Waals surface area contributed by atoms with E-state index in [1.165, 1.54) is 0 Å². The van der Waals surface area contributed by atoms with E-state index >= 15 is 0 Å². The molecule has 0 aliphatic carbocycles. The van der Waals surface area contributed by atoms with Crippen molar-refractivity contribution in [1.29, 1.82) is 0 Å². The zero-order valence-corrected chi connectivity index (χ0v) is 12.7. The van der Waals surface area contributed by atoms with Crippen molar-refractivity contribution in [3.8, 4) is 11.8 Å². The lowest BCUT2D eigenvalue weighted by Crippen LogP contribution is -2.32. The second-order valence-electron chi connectivity index (χ2n) is 5.45. The molecule has 0 saturated heterocycles. The molecular formula is C16H20N2O3. The van der Waals surface area contributed by atoms with Crippen LogP contribution < -0.4 is 10.6 Å². The Kier molecular flexibility index (Phi) is 5.79. The molecule has 0 bridgehead atoms. The van der Waals surface area contributed by atoms with Crippen molar-refractivity contribution in [2.24, 2.45) is 0 Å². The average Bonchev–Trinajstić information content (AvgIpc) is 2.36. The summed E-state index contributed by atoms with van der Waals surface area (Å²) in [5.41, 5.74) is 1.95. The van der Waals surface area contributed by atoms with E-state index < -0.39 is 11.7 Å². The Hall–Kier alpha value is -2.48. The van der Waals surface area contributed by atoms with Gasteiger partial charge in [0.25, 0.3) is 0 Å². The summed E-state index contributed by atoms with van der Waals surface area (Å²) in [6.45, 7) is 7.52. The second kappa shape index (κ2) is 7.34. The summed E-state index contributed by atoms with van der Waals surface area (Å²) < 4.78 is 5.10. The van der Waals surface area contributed by atoms with Crippen molar-refractivity contribution in [2.75, 3.05) is 11.9 Å². The fourth-order valence-electron chi connectivity index (χ4n) is 1.48. The smallest absolute Gasteiger partial charge is 0.408 e. The molecule has 1 aromatic rings. The van der Waals surface area contributed by atoms with Gasteiger partial charge in [0, 0.05) is 11.3 Å². The van der Waals surface area contributed by atoms with Crippen LogP contribution in [0.5, 0.6) is 0 Å². The Balaban J connectivity index is 2.60. The zero-order chi connectivity index (χ0) is 15.9. The monoisotopic (exact) mass is 288 g/mol. The molecule has 0 atom stereocenters. The standard InChI is InChI=1S/C16H20N2O3/c1-12-7-8-14(18-11-19)10-13(12)6-5-9-17-15(20)21-16(2,3)4/h7-8,10-11H,9H2,1-4H3,(H,17,20)(H,18,19). The Morgan fingerprint density at radius 3 is 2.71 bits per heavy atom. The number of anilines is 1. The van der Waals surface area contributed by atoms with Gasteiger partial charge in [-0.05, 0) is 45.4 Å². The third-order valence-electron chi connectivity index (χ3n) is 2.41. The van der Waals surface area contributed by atoms with E-state index in [2.05, 4.69) is 22.5 Å². The highest BCUT2D eigenvalue weighted by Gasteiger charge is 2.14. The summed E-state index contributed by atoms with van der Waals surface area (Å²) in [5.74, 6) is 5.80. The fraction of sp³-hybridized carbons (Fsp3) is 0.375. The van der Waals surface area contributed by atoms with Gasteiger partial charge in [0.1, 0.15) is 5.60 Å². The van der Waals surface area contributed by atoms with Gasteiger partial charge >= 0.3 is 6.09 Å².